The average Bonchev–Trinajstić information content (AvgIpc) is 3.25. The Labute approximate surface area is 144 Å². The fourth-order valence-electron chi connectivity index (χ4n) is 2.98. The molecule has 6 heteroatoms. The second kappa shape index (κ2) is 6.39. The van der Waals surface area contributed by atoms with Crippen LogP contribution in [0.5, 0.6) is 5.75 Å². The first-order chi connectivity index (χ1) is 12.2. The molecule has 0 saturated carbocycles. The van der Waals surface area contributed by atoms with Crippen LogP contribution in [0.3, 0.4) is 0 Å². The van der Waals surface area contributed by atoms with Crippen molar-refractivity contribution in [2.75, 3.05) is 6.54 Å². The van der Waals surface area contributed by atoms with Gasteiger partial charge in [0.1, 0.15) is 11.9 Å². The van der Waals surface area contributed by atoms with Crippen LogP contribution in [0.15, 0.2) is 53.4 Å². The molecule has 4 rings (SSSR count). The predicted molar refractivity (Wildman–Crippen MR) is 91.4 cm³/mol. The molecule has 3 heterocycles. The number of aromatic nitrogens is 2. The molecule has 25 heavy (non-hydrogen) atoms. The molecule has 6 nitrogen and oxygen atoms in total. The molecule has 2 aromatic heterocycles. The quantitative estimate of drug-likeness (QED) is 0.793. The highest BCUT2D eigenvalue weighted by Crippen LogP contribution is 2.37. The highest BCUT2D eigenvalue weighted by molar-refractivity contribution is 5.92. The number of carbonyl (C=O) groups is 1. The summed E-state index contributed by atoms with van der Waals surface area (Å²) in [5.41, 5.74) is 3.54. The van der Waals surface area contributed by atoms with Crippen LogP contribution in [0.4, 0.5) is 0 Å². The number of benzene rings is 1. The summed E-state index contributed by atoms with van der Waals surface area (Å²) in [5.74, 6) is 0.806. The number of pyridine rings is 1. The second-order valence-electron chi connectivity index (χ2n) is 5.93. The third kappa shape index (κ3) is 2.98. The Balaban J connectivity index is 1.47. The maximum absolute atomic E-state index is 12.1. The standard InChI is InChI=1S/C19H17N3O3/c1-12-17(24-11-22-12)19(23)21-10-14-9-13-5-4-6-15(18(13)25-14)16-7-2-3-8-20-16/h2-8,11,14H,9-10H2,1H3,(H,21,23)/t14-/m1/s1. The van der Waals surface area contributed by atoms with E-state index in [1.807, 2.05) is 36.4 Å². The molecule has 0 bridgehead atoms. The van der Waals surface area contributed by atoms with Crippen LogP contribution in [0.25, 0.3) is 11.3 Å². The maximum Gasteiger partial charge on any atom is 0.289 e. The Hall–Kier alpha value is -3.15. The van der Waals surface area contributed by atoms with Gasteiger partial charge in [0.2, 0.25) is 5.76 Å². The van der Waals surface area contributed by atoms with Crippen LogP contribution in [-0.4, -0.2) is 28.5 Å². The first kappa shape index (κ1) is 15.4. The largest absolute Gasteiger partial charge is 0.487 e. The van der Waals surface area contributed by atoms with Gasteiger partial charge in [-0.1, -0.05) is 18.2 Å². The molecule has 0 unspecified atom stereocenters. The third-order valence-corrected chi connectivity index (χ3v) is 4.21. The Morgan fingerprint density at radius 2 is 2.16 bits per heavy atom. The van der Waals surface area contributed by atoms with E-state index in [1.165, 1.54) is 6.39 Å². The van der Waals surface area contributed by atoms with Gasteiger partial charge in [-0.3, -0.25) is 9.78 Å². The van der Waals surface area contributed by atoms with Crippen LogP contribution in [-0.2, 0) is 6.42 Å². The zero-order valence-electron chi connectivity index (χ0n) is 13.7. The molecular formula is C19H17N3O3. The number of oxazole rings is 1. The molecule has 3 aromatic rings. The van der Waals surface area contributed by atoms with Crippen LogP contribution < -0.4 is 10.1 Å². The molecule has 1 N–H and O–H groups in total. The number of para-hydroxylation sites is 1. The van der Waals surface area contributed by atoms with E-state index in [-0.39, 0.29) is 17.8 Å². The van der Waals surface area contributed by atoms with E-state index in [2.05, 4.69) is 15.3 Å². The van der Waals surface area contributed by atoms with E-state index in [4.69, 9.17) is 9.15 Å². The first-order valence-electron chi connectivity index (χ1n) is 8.10. The van der Waals surface area contributed by atoms with Gasteiger partial charge in [0.05, 0.1) is 17.9 Å². The summed E-state index contributed by atoms with van der Waals surface area (Å²) in [5, 5.41) is 2.85. The van der Waals surface area contributed by atoms with E-state index in [0.717, 1.165) is 29.0 Å². The van der Waals surface area contributed by atoms with E-state index in [1.54, 1.807) is 13.1 Å². The zero-order valence-corrected chi connectivity index (χ0v) is 13.7. The van der Waals surface area contributed by atoms with Gasteiger partial charge in [-0.2, -0.15) is 0 Å². The Morgan fingerprint density at radius 1 is 1.24 bits per heavy atom. The van der Waals surface area contributed by atoms with Crippen molar-refractivity contribution in [3.05, 3.63) is 66.0 Å². The minimum absolute atomic E-state index is 0.118. The number of hydrogen-bond acceptors (Lipinski definition) is 5. The van der Waals surface area contributed by atoms with Gasteiger partial charge in [-0.05, 0) is 30.7 Å². The average molecular weight is 335 g/mol. The SMILES string of the molecule is Cc1ncoc1C(=O)NC[C@H]1Cc2cccc(-c3ccccn3)c2O1. The van der Waals surface area contributed by atoms with Crippen molar-refractivity contribution in [1.29, 1.82) is 0 Å². The van der Waals surface area contributed by atoms with Gasteiger partial charge < -0.3 is 14.5 Å². The summed E-state index contributed by atoms with van der Waals surface area (Å²) >= 11 is 0. The second-order valence-corrected chi connectivity index (χ2v) is 5.93. The molecule has 0 aliphatic carbocycles. The number of ether oxygens (including phenoxy) is 1. The van der Waals surface area contributed by atoms with Gasteiger partial charge in [-0.15, -0.1) is 0 Å². The van der Waals surface area contributed by atoms with Crippen LogP contribution in [0, 0.1) is 6.92 Å². The van der Waals surface area contributed by atoms with Crippen LogP contribution >= 0.6 is 0 Å². The predicted octanol–water partition coefficient (Wildman–Crippen LogP) is 2.78. The molecule has 0 saturated heterocycles. The molecule has 1 aliphatic rings. The lowest BCUT2D eigenvalue weighted by atomic mass is 10.0. The lowest BCUT2D eigenvalue weighted by Gasteiger charge is -2.13. The highest BCUT2D eigenvalue weighted by atomic mass is 16.5. The van der Waals surface area contributed by atoms with E-state index >= 15 is 0 Å². The smallest absolute Gasteiger partial charge is 0.289 e. The fraction of sp³-hybridized carbons (Fsp3) is 0.211. The molecule has 0 fully saturated rings. The third-order valence-electron chi connectivity index (χ3n) is 4.21. The topological polar surface area (TPSA) is 77.3 Å². The van der Waals surface area contributed by atoms with Gasteiger partial charge in [0.25, 0.3) is 5.91 Å². The molecule has 1 aliphatic heterocycles. The number of amides is 1. The molecule has 1 amide bonds. The van der Waals surface area contributed by atoms with Crippen molar-refractivity contribution in [2.24, 2.45) is 0 Å². The molecular weight excluding hydrogens is 318 g/mol. The van der Waals surface area contributed by atoms with Crippen molar-refractivity contribution < 1.29 is 13.9 Å². The lowest BCUT2D eigenvalue weighted by molar-refractivity contribution is 0.0905. The van der Waals surface area contributed by atoms with Gasteiger partial charge in [0, 0.05) is 18.2 Å². The fourth-order valence-corrected chi connectivity index (χ4v) is 2.98. The molecule has 0 radical (unpaired) electrons. The monoisotopic (exact) mass is 335 g/mol. The first-order valence-corrected chi connectivity index (χ1v) is 8.10. The van der Waals surface area contributed by atoms with Crippen LogP contribution in [0.2, 0.25) is 0 Å². The van der Waals surface area contributed by atoms with Crippen molar-refractivity contribution in [2.45, 2.75) is 19.4 Å². The zero-order chi connectivity index (χ0) is 17.2. The van der Waals surface area contributed by atoms with Crippen LogP contribution in [0.1, 0.15) is 21.8 Å². The van der Waals surface area contributed by atoms with E-state index in [0.29, 0.717) is 12.2 Å². The number of nitrogens with zero attached hydrogens (tertiary/aromatic N) is 2. The summed E-state index contributed by atoms with van der Waals surface area (Å²) in [7, 11) is 0. The molecule has 126 valence electrons. The summed E-state index contributed by atoms with van der Waals surface area (Å²) in [6, 6.07) is 11.8. The van der Waals surface area contributed by atoms with Crippen molar-refractivity contribution in [3.63, 3.8) is 0 Å². The molecule has 1 atom stereocenters. The van der Waals surface area contributed by atoms with Gasteiger partial charge in [0.15, 0.2) is 6.39 Å². The maximum atomic E-state index is 12.1. The lowest BCUT2D eigenvalue weighted by Crippen LogP contribution is -2.34. The molecule has 0 spiro atoms. The number of rotatable bonds is 4. The summed E-state index contributed by atoms with van der Waals surface area (Å²) < 4.78 is 11.2. The molecule has 1 aromatic carbocycles. The minimum atomic E-state index is -0.278. The summed E-state index contributed by atoms with van der Waals surface area (Å²) in [6.07, 6.45) is 3.66. The van der Waals surface area contributed by atoms with E-state index < -0.39 is 0 Å². The van der Waals surface area contributed by atoms with Gasteiger partial charge in [-0.25, -0.2) is 4.98 Å². The normalized spacial score (nSPS) is 15.5. The number of carbonyl (C=O) groups excluding carboxylic acids is 1. The number of nitrogens with one attached hydrogen (secondary N) is 1. The Kier molecular flexibility index (Phi) is 3.93. The van der Waals surface area contributed by atoms with Crippen molar-refractivity contribution in [3.8, 4) is 17.0 Å². The number of hydrogen-bond donors (Lipinski definition) is 1. The summed E-state index contributed by atoms with van der Waals surface area (Å²) in [6.45, 7) is 2.13. The van der Waals surface area contributed by atoms with Gasteiger partial charge >= 0.3 is 0 Å². The Bertz CT molecular complexity index is 905. The Morgan fingerprint density at radius 3 is 2.92 bits per heavy atom. The number of fused-ring (bicyclic) bond motifs is 1. The minimum Gasteiger partial charge on any atom is -0.487 e. The number of aryl methyl sites for hydroxylation is 1. The highest BCUT2D eigenvalue weighted by Gasteiger charge is 2.27. The van der Waals surface area contributed by atoms with E-state index in [9.17, 15) is 4.79 Å². The summed E-state index contributed by atoms with van der Waals surface area (Å²) in [4.78, 5) is 20.5. The van der Waals surface area contributed by atoms with Crippen molar-refractivity contribution >= 4 is 5.91 Å². The van der Waals surface area contributed by atoms with Crippen molar-refractivity contribution in [1.82, 2.24) is 15.3 Å².